The smallest absolute Gasteiger partial charge is 0.228 e. The highest BCUT2D eigenvalue weighted by molar-refractivity contribution is 5.78. The number of aromatic nitrogens is 2. The SMILES string of the molecule is CCN(C[C@@H]1CCCN(CCc2cccc(OC)c2)C1)C(=O)Cc1nonc1C. The number of carbonyl (C=O) groups is 1. The summed E-state index contributed by atoms with van der Waals surface area (Å²) in [6.45, 7) is 8.57. The van der Waals surface area contributed by atoms with Crippen LogP contribution in [0.25, 0.3) is 0 Å². The summed E-state index contributed by atoms with van der Waals surface area (Å²) < 4.78 is 10.0. The maximum atomic E-state index is 12.7. The number of hydrogen-bond donors (Lipinski definition) is 0. The molecule has 1 fully saturated rings. The van der Waals surface area contributed by atoms with Gasteiger partial charge in [0, 0.05) is 26.2 Å². The molecule has 0 radical (unpaired) electrons. The highest BCUT2D eigenvalue weighted by atomic mass is 16.6. The Hall–Kier alpha value is -2.41. The molecule has 0 aliphatic carbocycles. The summed E-state index contributed by atoms with van der Waals surface area (Å²) in [7, 11) is 1.70. The Kier molecular flexibility index (Phi) is 7.63. The van der Waals surface area contributed by atoms with Crippen LogP contribution >= 0.6 is 0 Å². The molecule has 2 heterocycles. The molecule has 1 aromatic heterocycles. The molecular weight excluding hydrogens is 368 g/mol. The van der Waals surface area contributed by atoms with Gasteiger partial charge in [-0.05, 0) is 63.3 Å². The fourth-order valence-electron chi connectivity index (χ4n) is 4.00. The number of aryl methyl sites for hydroxylation is 1. The summed E-state index contributed by atoms with van der Waals surface area (Å²) >= 11 is 0. The van der Waals surface area contributed by atoms with Crippen molar-refractivity contribution in [3.63, 3.8) is 0 Å². The van der Waals surface area contributed by atoms with Gasteiger partial charge in [0.25, 0.3) is 0 Å². The molecule has 1 amide bonds. The maximum Gasteiger partial charge on any atom is 0.228 e. The van der Waals surface area contributed by atoms with Crippen LogP contribution in [0.15, 0.2) is 28.9 Å². The van der Waals surface area contributed by atoms with Crippen molar-refractivity contribution in [1.82, 2.24) is 20.1 Å². The van der Waals surface area contributed by atoms with Crippen LogP contribution in [0.3, 0.4) is 0 Å². The second-order valence-electron chi connectivity index (χ2n) is 7.82. The van der Waals surface area contributed by atoms with E-state index < -0.39 is 0 Å². The van der Waals surface area contributed by atoms with Crippen molar-refractivity contribution in [2.75, 3.05) is 39.8 Å². The zero-order valence-electron chi connectivity index (χ0n) is 17.8. The first kappa shape index (κ1) is 21.3. The first-order valence-electron chi connectivity index (χ1n) is 10.5. The molecule has 0 bridgehead atoms. The van der Waals surface area contributed by atoms with Crippen molar-refractivity contribution >= 4 is 5.91 Å². The van der Waals surface area contributed by atoms with Crippen molar-refractivity contribution in [3.8, 4) is 5.75 Å². The number of piperidine rings is 1. The molecule has 2 aromatic rings. The van der Waals surface area contributed by atoms with Gasteiger partial charge in [0.05, 0.1) is 13.5 Å². The first-order valence-corrected chi connectivity index (χ1v) is 10.5. The largest absolute Gasteiger partial charge is 0.497 e. The number of methoxy groups -OCH3 is 1. The van der Waals surface area contributed by atoms with E-state index in [-0.39, 0.29) is 12.3 Å². The van der Waals surface area contributed by atoms with E-state index in [9.17, 15) is 4.79 Å². The molecule has 1 aliphatic rings. The molecule has 0 N–H and O–H groups in total. The van der Waals surface area contributed by atoms with Gasteiger partial charge in [-0.2, -0.15) is 0 Å². The normalized spacial score (nSPS) is 17.3. The number of ether oxygens (including phenoxy) is 1. The maximum absolute atomic E-state index is 12.7. The highest BCUT2D eigenvalue weighted by Gasteiger charge is 2.24. The van der Waals surface area contributed by atoms with Gasteiger partial charge in [-0.25, -0.2) is 4.63 Å². The molecule has 1 atom stereocenters. The summed E-state index contributed by atoms with van der Waals surface area (Å²) in [5.74, 6) is 1.52. The molecular formula is C22H32N4O3. The lowest BCUT2D eigenvalue weighted by Gasteiger charge is -2.35. The molecule has 1 aromatic carbocycles. The number of likely N-dealkylation sites (N-methyl/N-ethyl adjacent to an activating group) is 1. The number of likely N-dealkylation sites (tertiary alicyclic amines) is 1. The third-order valence-electron chi connectivity index (χ3n) is 5.73. The van der Waals surface area contributed by atoms with E-state index in [1.807, 2.05) is 30.9 Å². The summed E-state index contributed by atoms with van der Waals surface area (Å²) in [5, 5.41) is 7.61. The quantitative estimate of drug-likeness (QED) is 0.645. The van der Waals surface area contributed by atoms with Crippen LogP contribution in [0, 0.1) is 12.8 Å². The molecule has 7 nitrogen and oxygen atoms in total. The fourth-order valence-corrected chi connectivity index (χ4v) is 4.00. The lowest BCUT2D eigenvalue weighted by Crippen LogP contribution is -2.43. The summed E-state index contributed by atoms with van der Waals surface area (Å²) in [4.78, 5) is 17.2. The Balaban J connectivity index is 1.49. The second kappa shape index (κ2) is 10.4. The number of carbonyl (C=O) groups excluding carboxylic acids is 1. The number of nitrogens with zero attached hydrogens (tertiary/aromatic N) is 4. The minimum Gasteiger partial charge on any atom is -0.497 e. The minimum absolute atomic E-state index is 0.0970. The van der Waals surface area contributed by atoms with E-state index >= 15 is 0 Å². The van der Waals surface area contributed by atoms with Crippen molar-refractivity contribution in [1.29, 1.82) is 0 Å². The Bertz CT molecular complexity index is 792. The van der Waals surface area contributed by atoms with Gasteiger partial charge in [0.1, 0.15) is 17.1 Å². The standard InChI is InChI=1S/C22H32N4O3/c1-4-26(22(27)14-21-17(2)23-29-24-21)16-19-8-6-11-25(15-19)12-10-18-7-5-9-20(13-18)28-3/h5,7,9,13,19H,4,6,8,10-12,14-16H2,1-3H3/t19-/m1/s1. The topological polar surface area (TPSA) is 71.7 Å². The Morgan fingerprint density at radius 2 is 2.24 bits per heavy atom. The van der Waals surface area contributed by atoms with Crippen LogP contribution in [0.5, 0.6) is 5.75 Å². The van der Waals surface area contributed by atoms with Crippen LogP contribution in [-0.4, -0.2) is 65.9 Å². The van der Waals surface area contributed by atoms with Crippen molar-refractivity contribution in [3.05, 3.63) is 41.2 Å². The summed E-state index contributed by atoms with van der Waals surface area (Å²) in [6.07, 6.45) is 3.62. The number of hydrogen-bond acceptors (Lipinski definition) is 6. The van der Waals surface area contributed by atoms with E-state index in [1.54, 1.807) is 7.11 Å². The van der Waals surface area contributed by atoms with E-state index in [4.69, 9.17) is 9.37 Å². The van der Waals surface area contributed by atoms with Gasteiger partial charge >= 0.3 is 0 Å². The Morgan fingerprint density at radius 1 is 1.38 bits per heavy atom. The van der Waals surface area contributed by atoms with Crippen LogP contribution in [0.4, 0.5) is 0 Å². The molecule has 0 spiro atoms. The van der Waals surface area contributed by atoms with E-state index in [1.165, 1.54) is 18.4 Å². The lowest BCUT2D eigenvalue weighted by molar-refractivity contribution is -0.131. The molecule has 158 valence electrons. The van der Waals surface area contributed by atoms with Gasteiger partial charge in [-0.1, -0.05) is 22.4 Å². The Morgan fingerprint density at radius 3 is 2.97 bits per heavy atom. The van der Waals surface area contributed by atoms with Crippen LogP contribution in [-0.2, 0) is 17.6 Å². The zero-order valence-corrected chi connectivity index (χ0v) is 17.8. The fraction of sp³-hybridized carbons (Fsp3) is 0.591. The van der Waals surface area contributed by atoms with Crippen LogP contribution in [0.1, 0.15) is 36.7 Å². The van der Waals surface area contributed by atoms with Gasteiger partial charge in [0.2, 0.25) is 5.91 Å². The second-order valence-corrected chi connectivity index (χ2v) is 7.82. The molecule has 3 rings (SSSR count). The van der Waals surface area contributed by atoms with E-state index in [0.29, 0.717) is 23.9 Å². The first-order chi connectivity index (χ1) is 14.1. The third kappa shape index (κ3) is 6.03. The molecule has 0 saturated carbocycles. The van der Waals surface area contributed by atoms with Gasteiger partial charge in [-0.15, -0.1) is 0 Å². The molecule has 29 heavy (non-hydrogen) atoms. The average Bonchev–Trinajstić information content (AvgIpc) is 3.15. The van der Waals surface area contributed by atoms with Crippen molar-refractivity contribution < 1.29 is 14.2 Å². The number of amides is 1. The molecule has 0 unspecified atom stereocenters. The number of rotatable bonds is 9. The Labute approximate surface area is 173 Å². The van der Waals surface area contributed by atoms with Gasteiger partial charge in [-0.3, -0.25) is 4.79 Å². The zero-order chi connectivity index (χ0) is 20.6. The summed E-state index contributed by atoms with van der Waals surface area (Å²) in [5.41, 5.74) is 2.63. The van der Waals surface area contributed by atoms with Crippen LogP contribution in [0.2, 0.25) is 0 Å². The van der Waals surface area contributed by atoms with Crippen molar-refractivity contribution in [2.24, 2.45) is 5.92 Å². The monoisotopic (exact) mass is 400 g/mol. The lowest BCUT2D eigenvalue weighted by atomic mass is 9.96. The van der Waals surface area contributed by atoms with Gasteiger partial charge < -0.3 is 14.5 Å². The van der Waals surface area contributed by atoms with Gasteiger partial charge in [0.15, 0.2) is 0 Å². The minimum atomic E-state index is 0.0970. The predicted molar refractivity (Wildman–Crippen MR) is 111 cm³/mol. The van der Waals surface area contributed by atoms with E-state index in [2.05, 4.69) is 27.3 Å². The van der Waals surface area contributed by atoms with E-state index in [0.717, 1.165) is 38.3 Å². The summed E-state index contributed by atoms with van der Waals surface area (Å²) in [6, 6.07) is 8.29. The predicted octanol–water partition coefficient (Wildman–Crippen LogP) is 2.73. The van der Waals surface area contributed by atoms with Crippen LogP contribution < -0.4 is 4.74 Å². The third-order valence-corrected chi connectivity index (χ3v) is 5.73. The highest BCUT2D eigenvalue weighted by Crippen LogP contribution is 2.20. The van der Waals surface area contributed by atoms with Crippen molar-refractivity contribution in [2.45, 2.75) is 39.5 Å². The molecule has 7 heteroatoms. The average molecular weight is 401 g/mol. The molecule has 1 saturated heterocycles. The molecule has 1 aliphatic heterocycles. The number of benzene rings is 1.